The number of amides is 1. The normalized spacial score (nSPS) is 10.9. The molecule has 0 aliphatic heterocycles. The summed E-state index contributed by atoms with van der Waals surface area (Å²) in [5.41, 5.74) is 0. The Morgan fingerprint density at radius 3 is 1.91 bits per heavy atom. The smallest absolute Gasteiger partial charge is 0.451 e. The Labute approximate surface area is 59.1 Å². The Bertz CT molecular complexity index is 193. The van der Waals surface area contributed by atoms with E-state index in [1.165, 1.54) is 0 Å². The SMILES string of the molecule is CC(=O)N(F)C(F)(F)C(=O)O. The third-order valence-corrected chi connectivity index (χ3v) is 0.780. The van der Waals surface area contributed by atoms with Gasteiger partial charge in [-0.1, -0.05) is 4.48 Å². The number of aliphatic carboxylic acids is 1. The van der Waals surface area contributed by atoms with Gasteiger partial charge in [0.25, 0.3) is 5.91 Å². The van der Waals surface area contributed by atoms with Gasteiger partial charge in [-0.2, -0.15) is 8.78 Å². The van der Waals surface area contributed by atoms with Gasteiger partial charge >= 0.3 is 12.0 Å². The quantitative estimate of drug-likeness (QED) is 0.483. The lowest BCUT2D eigenvalue weighted by Crippen LogP contribution is -2.45. The van der Waals surface area contributed by atoms with Crippen LogP contribution >= 0.6 is 0 Å². The third kappa shape index (κ3) is 1.82. The van der Waals surface area contributed by atoms with E-state index in [4.69, 9.17) is 5.11 Å². The number of nitrogens with zero attached hydrogens (tertiary/aromatic N) is 1. The first-order valence-electron chi connectivity index (χ1n) is 2.38. The maximum atomic E-state index is 11.9. The second kappa shape index (κ2) is 2.77. The van der Waals surface area contributed by atoms with Crippen molar-refractivity contribution in [2.24, 2.45) is 0 Å². The average molecular weight is 171 g/mol. The van der Waals surface area contributed by atoms with E-state index in [1.54, 1.807) is 0 Å². The zero-order chi connectivity index (χ0) is 9.23. The van der Waals surface area contributed by atoms with Crippen molar-refractivity contribution in [1.82, 2.24) is 5.12 Å². The molecule has 0 aromatic carbocycles. The summed E-state index contributed by atoms with van der Waals surface area (Å²) in [7, 11) is 0. The minimum atomic E-state index is -4.79. The lowest BCUT2D eigenvalue weighted by Gasteiger charge is -2.16. The van der Waals surface area contributed by atoms with Gasteiger partial charge in [0.15, 0.2) is 0 Å². The van der Waals surface area contributed by atoms with Crippen molar-refractivity contribution in [2.45, 2.75) is 13.0 Å². The molecular weight excluding hydrogens is 167 g/mol. The minimum Gasteiger partial charge on any atom is -0.475 e. The van der Waals surface area contributed by atoms with Crippen LogP contribution in [0.2, 0.25) is 0 Å². The Morgan fingerprint density at radius 2 is 1.82 bits per heavy atom. The first kappa shape index (κ1) is 9.73. The summed E-state index contributed by atoms with van der Waals surface area (Å²) in [6.07, 6.45) is 0. The first-order chi connectivity index (χ1) is 4.80. The number of halogens is 3. The molecule has 0 aliphatic rings. The largest absolute Gasteiger partial charge is 0.475 e. The molecule has 0 bridgehead atoms. The van der Waals surface area contributed by atoms with Crippen molar-refractivity contribution in [3.63, 3.8) is 0 Å². The van der Waals surface area contributed by atoms with Crippen LogP contribution in [0.25, 0.3) is 0 Å². The molecule has 0 atom stereocenters. The molecule has 0 fully saturated rings. The monoisotopic (exact) mass is 171 g/mol. The molecule has 4 nitrogen and oxygen atoms in total. The number of carboxylic acid groups (broad SMARTS) is 1. The third-order valence-electron chi connectivity index (χ3n) is 0.780. The summed E-state index contributed by atoms with van der Waals surface area (Å²) < 4.78 is 35.7. The van der Waals surface area contributed by atoms with Gasteiger partial charge in [0.2, 0.25) is 0 Å². The summed E-state index contributed by atoms with van der Waals surface area (Å²) in [5.74, 6) is -4.38. The standard InChI is InChI=1S/C4H4F3NO3/c1-2(9)8(7)4(5,6)3(10)11/h1H3,(H,10,11). The molecule has 1 amide bonds. The van der Waals surface area contributed by atoms with E-state index in [9.17, 15) is 22.9 Å². The fourth-order valence-corrected chi connectivity index (χ4v) is 0.282. The maximum absolute atomic E-state index is 11.9. The molecule has 0 aliphatic carbocycles. The van der Waals surface area contributed by atoms with Crippen LogP contribution in [0.15, 0.2) is 0 Å². The van der Waals surface area contributed by atoms with E-state index in [1.807, 2.05) is 0 Å². The molecular formula is C4H4F3NO3. The first-order valence-corrected chi connectivity index (χ1v) is 2.38. The minimum absolute atomic E-state index is 0.483. The van der Waals surface area contributed by atoms with Gasteiger partial charge in [-0.05, 0) is 0 Å². The van der Waals surface area contributed by atoms with E-state index in [0.717, 1.165) is 0 Å². The Balaban J connectivity index is 4.55. The average Bonchev–Trinajstić information content (AvgIpc) is 1.85. The van der Waals surface area contributed by atoms with E-state index < -0.39 is 23.0 Å². The van der Waals surface area contributed by atoms with Crippen LogP contribution < -0.4 is 0 Å². The highest BCUT2D eigenvalue weighted by atomic mass is 19.3. The summed E-state index contributed by atoms with van der Waals surface area (Å²) in [6, 6.07) is -4.79. The van der Waals surface area contributed by atoms with Gasteiger partial charge in [0, 0.05) is 6.92 Å². The number of hydrogen-bond acceptors (Lipinski definition) is 2. The van der Waals surface area contributed by atoms with Crippen LogP contribution in [0.3, 0.4) is 0 Å². The van der Waals surface area contributed by atoms with Crippen LogP contribution in [0.4, 0.5) is 13.3 Å². The number of alkyl halides is 2. The van der Waals surface area contributed by atoms with Crippen molar-refractivity contribution < 1.29 is 28.0 Å². The number of carbonyl (C=O) groups excluding carboxylic acids is 1. The van der Waals surface area contributed by atoms with Crippen molar-refractivity contribution >= 4 is 11.9 Å². The Morgan fingerprint density at radius 1 is 1.45 bits per heavy atom. The summed E-state index contributed by atoms with van der Waals surface area (Å²) in [6.45, 7) is 0.483. The molecule has 0 aromatic heterocycles. The zero-order valence-corrected chi connectivity index (χ0v) is 5.34. The number of carboxylic acids is 1. The van der Waals surface area contributed by atoms with E-state index in [-0.39, 0.29) is 0 Å². The number of carbonyl (C=O) groups is 2. The molecule has 0 radical (unpaired) electrons. The molecule has 64 valence electrons. The van der Waals surface area contributed by atoms with Gasteiger partial charge < -0.3 is 5.11 Å². The topological polar surface area (TPSA) is 57.6 Å². The zero-order valence-electron chi connectivity index (χ0n) is 5.34. The summed E-state index contributed by atoms with van der Waals surface area (Å²) in [4.78, 5) is 19.5. The molecule has 0 unspecified atom stereocenters. The molecule has 0 heterocycles. The van der Waals surface area contributed by atoms with Gasteiger partial charge in [-0.15, -0.1) is 5.12 Å². The van der Waals surface area contributed by atoms with Gasteiger partial charge in [-0.25, -0.2) is 4.79 Å². The summed E-state index contributed by atoms with van der Waals surface area (Å²) >= 11 is 0. The van der Waals surface area contributed by atoms with Gasteiger partial charge in [0.05, 0.1) is 0 Å². The van der Waals surface area contributed by atoms with Crippen LogP contribution in [0.1, 0.15) is 6.92 Å². The van der Waals surface area contributed by atoms with Crippen molar-refractivity contribution in [3.8, 4) is 0 Å². The molecule has 0 rings (SSSR count). The van der Waals surface area contributed by atoms with Gasteiger partial charge in [0.1, 0.15) is 0 Å². The highest BCUT2D eigenvalue weighted by Crippen LogP contribution is 2.20. The molecule has 11 heavy (non-hydrogen) atoms. The van der Waals surface area contributed by atoms with E-state index in [2.05, 4.69) is 0 Å². The second-order valence-electron chi connectivity index (χ2n) is 1.65. The highest BCUT2D eigenvalue weighted by Gasteiger charge is 2.48. The van der Waals surface area contributed by atoms with Gasteiger partial charge in [-0.3, -0.25) is 4.79 Å². The van der Waals surface area contributed by atoms with Crippen LogP contribution in [0.5, 0.6) is 0 Å². The molecule has 0 aromatic rings. The molecule has 1 N–H and O–H groups in total. The Kier molecular flexibility index (Phi) is 2.45. The van der Waals surface area contributed by atoms with E-state index >= 15 is 0 Å². The second-order valence-corrected chi connectivity index (χ2v) is 1.65. The molecule has 0 saturated carbocycles. The molecule has 0 spiro atoms. The van der Waals surface area contributed by atoms with Crippen LogP contribution in [0, 0.1) is 0 Å². The predicted octanol–water partition coefficient (Wildman–Crippen LogP) is 0.397. The summed E-state index contributed by atoms with van der Waals surface area (Å²) in [5, 5.41) is 6.03. The fourth-order valence-electron chi connectivity index (χ4n) is 0.282. The maximum Gasteiger partial charge on any atom is 0.451 e. The lowest BCUT2D eigenvalue weighted by atomic mass is 10.5. The van der Waals surface area contributed by atoms with Crippen LogP contribution in [-0.2, 0) is 9.59 Å². The predicted molar refractivity (Wildman–Crippen MR) is 26.2 cm³/mol. The number of rotatable bonds is 2. The van der Waals surface area contributed by atoms with Crippen molar-refractivity contribution in [1.29, 1.82) is 0 Å². The Hall–Kier alpha value is -1.27. The molecule has 0 saturated heterocycles. The van der Waals surface area contributed by atoms with E-state index in [0.29, 0.717) is 6.92 Å². The van der Waals surface area contributed by atoms with Crippen molar-refractivity contribution in [2.75, 3.05) is 0 Å². The van der Waals surface area contributed by atoms with Crippen molar-refractivity contribution in [3.05, 3.63) is 0 Å². The van der Waals surface area contributed by atoms with Crippen LogP contribution in [-0.4, -0.2) is 28.2 Å². The highest BCUT2D eigenvalue weighted by molar-refractivity contribution is 5.82. The lowest BCUT2D eigenvalue weighted by molar-refractivity contribution is -0.237. The fraction of sp³-hybridized carbons (Fsp3) is 0.500. The molecule has 7 heteroatoms. The number of hydrogen-bond donors (Lipinski definition) is 1.